The van der Waals surface area contributed by atoms with E-state index >= 15 is 0 Å². The van der Waals surface area contributed by atoms with Gasteiger partial charge in [-0.3, -0.25) is 0 Å². The number of aliphatic hydroxyl groups is 1. The number of benzene rings is 1. The van der Waals surface area contributed by atoms with Crippen LogP contribution in [0.4, 0.5) is 4.79 Å². The first kappa shape index (κ1) is 15.8. The summed E-state index contributed by atoms with van der Waals surface area (Å²) in [6.45, 7) is 2.32. The summed E-state index contributed by atoms with van der Waals surface area (Å²) in [6.07, 6.45) is 3.53. The molecule has 21 heavy (non-hydrogen) atoms. The van der Waals surface area contributed by atoms with Gasteiger partial charge in [-0.05, 0) is 44.1 Å². The molecule has 2 atom stereocenters. The van der Waals surface area contributed by atoms with Gasteiger partial charge < -0.3 is 15.3 Å². The molecule has 0 aromatic heterocycles. The van der Waals surface area contributed by atoms with Gasteiger partial charge in [-0.25, -0.2) is 4.79 Å². The number of rotatable bonds is 7. The smallest absolute Gasteiger partial charge is 0.317 e. The average Bonchev–Trinajstić information content (AvgIpc) is 3.29. The highest BCUT2D eigenvalue weighted by Gasteiger charge is 2.32. The molecule has 1 aromatic carbocycles. The van der Waals surface area contributed by atoms with E-state index in [1.54, 1.807) is 18.9 Å². The normalized spacial score (nSPS) is 17.1. The van der Waals surface area contributed by atoms with Crippen molar-refractivity contribution in [1.82, 2.24) is 10.2 Å². The van der Waals surface area contributed by atoms with Crippen LogP contribution in [0.5, 0.6) is 0 Å². The summed E-state index contributed by atoms with van der Waals surface area (Å²) in [6, 6.07) is 10.5. The molecule has 2 amide bonds. The molecule has 2 N–H and O–H groups in total. The molecule has 1 saturated carbocycles. The number of amides is 2. The summed E-state index contributed by atoms with van der Waals surface area (Å²) < 4.78 is 0. The predicted octanol–water partition coefficient (Wildman–Crippen LogP) is 2.42. The molecule has 0 aliphatic heterocycles. The SMILES string of the molecule is CC(O)CCN(C)C(=O)NC(Cc1ccccc1)C1CC1. The number of hydrogen-bond donors (Lipinski definition) is 2. The second-order valence-electron chi connectivity index (χ2n) is 6.14. The van der Waals surface area contributed by atoms with E-state index in [1.165, 1.54) is 18.4 Å². The maximum atomic E-state index is 12.2. The average molecular weight is 290 g/mol. The molecule has 0 spiro atoms. The fourth-order valence-electron chi connectivity index (χ4n) is 2.45. The maximum absolute atomic E-state index is 12.2. The van der Waals surface area contributed by atoms with Gasteiger partial charge >= 0.3 is 6.03 Å². The van der Waals surface area contributed by atoms with Crippen LogP contribution in [-0.4, -0.2) is 41.8 Å². The zero-order valence-electron chi connectivity index (χ0n) is 13.0. The molecule has 2 unspecified atom stereocenters. The minimum absolute atomic E-state index is 0.0384. The summed E-state index contributed by atoms with van der Waals surface area (Å²) in [5, 5.41) is 12.5. The Balaban J connectivity index is 1.86. The van der Waals surface area contributed by atoms with Gasteiger partial charge in [-0.15, -0.1) is 0 Å². The van der Waals surface area contributed by atoms with Crippen molar-refractivity contribution in [3.8, 4) is 0 Å². The fourth-order valence-corrected chi connectivity index (χ4v) is 2.45. The monoisotopic (exact) mass is 290 g/mol. The summed E-state index contributed by atoms with van der Waals surface area (Å²) in [5.41, 5.74) is 1.27. The van der Waals surface area contributed by atoms with Gasteiger partial charge in [-0.1, -0.05) is 30.3 Å². The van der Waals surface area contributed by atoms with E-state index in [1.807, 2.05) is 18.2 Å². The highest BCUT2D eigenvalue weighted by Crippen LogP contribution is 2.34. The van der Waals surface area contributed by atoms with E-state index in [0.717, 1.165) is 6.42 Å². The lowest BCUT2D eigenvalue weighted by atomic mass is 10.0. The van der Waals surface area contributed by atoms with Crippen molar-refractivity contribution in [1.29, 1.82) is 0 Å². The lowest BCUT2D eigenvalue weighted by molar-refractivity contribution is 0.162. The van der Waals surface area contributed by atoms with Crippen molar-refractivity contribution < 1.29 is 9.90 Å². The standard InChI is InChI=1S/C17H26N2O2/c1-13(20)10-11-19(2)17(21)18-16(15-8-9-15)12-14-6-4-3-5-7-14/h3-7,13,15-16,20H,8-12H2,1-2H3,(H,18,21). The Morgan fingerprint density at radius 2 is 2.05 bits per heavy atom. The fraction of sp³-hybridized carbons (Fsp3) is 0.588. The zero-order valence-corrected chi connectivity index (χ0v) is 13.0. The molecule has 116 valence electrons. The third kappa shape index (κ3) is 5.38. The van der Waals surface area contributed by atoms with Crippen LogP contribution in [0.2, 0.25) is 0 Å². The van der Waals surface area contributed by atoms with Gasteiger partial charge in [0.05, 0.1) is 6.10 Å². The highest BCUT2D eigenvalue weighted by molar-refractivity contribution is 5.74. The summed E-state index contributed by atoms with van der Waals surface area (Å²) in [4.78, 5) is 13.9. The molecule has 4 nitrogen and oxygen atoms in total. The van der Waals surface area contributed by atoms with Gasteiger partial charge in [-0.2, -0.15) is 0 Å². The van der Waals surface area contributed by atoms with Gasteiger partial charge in [0.1, 0.15) is 0 Å². The van der Waals surface area contributed by atoms with Crippen molar-refractivity contribution in [2.45, 2.75) is 44.8 Å². The molecule has 0 saturated heterocycles. The van der Waals surface area contributed by atoms with Crippen LogP contribution in [0.3, 0.4) is 0 Å². The van der Waals surface area contributed by atoms with Gasteiger partial charge in [0, 0.05) is 19.6 Å². The van der Waals surface area contributed by atoms with Crippen molar-refractivity contribution in [3.05, 3.63) is 35.9 Å². The number of hydrogen-bond acceptors (Lipinski definition) is 2. The number of carbonyl (C=O) groups excluding carboxylic acids is 1. The molecule has 1 aliphatic carbocycles. The second-order valence-corrected chi connectivity index (χ2v) is 6.14. The number of aliphatic hydroxyl groups excluding tert-OH is 1. The Morgan fingerprint density at radius 3 is 2.62 bits per heavy atom. The number of nitrogens with zero attached hydrogens (tertiary/aromatic N) is 1. The highest BCUT2D eigenvalue weighted by atomic mass is 16.3. The lowest BCUT2D eigenvalue weighted by Gasteiger charge is -2.24. The largest absolute Gasteiger partial charge is 0.393 e. The maximum Gasteiger partial charge on any atom is 0.317 e. The molecule has 0 bridgehead atoms. The Hall–Kier alpha value is -1.55. The number of nitrogens with one attached hydrogen (secondary N) is 1. The molecule has 0 radical (unpaired) electrons. The van der Waals surface area contributed by atoms with Crippen LogP contribution in [0.1, 0.15) is 31.7 Å². The molecule has 1 fully saturated rings. The Labute approximate surface area is 127 Å². The van der Waals surface area contributed by atoms with Crippen LogP contribution < -0.4 is 5.32 Å². The molecular weight excluding hydrogens is 264 g/mol. The molecule has 0 heterocycles. The Kier molecular flexibility index (Phi) is 5.62. The van der Waals surface area contributed by atoms with Gasteiger partial charge in [0.25, 0.3) is 0 Å². The van der Waals surface area contributed by atoms with E-state index in [2.05, 4.69) is 17.4 Å². The van der Waals surface area contributed by atoms with E-state index in [0.29, 0.717) is 18.9 Å². The van der Waals surface area contributed by atoms with E-state index < -0.39 is 0 Å². The van der Waals surface area contributed by atoms with Gasteiger partial charge in [0.15, 0.2) is 0 Å². The van der Waals surface area contributed by atoms with Crippen LogP contribution in [0, 0.1) is 5.92 Å². The first-order chi connectivity index (χ1) is 10.1. The van der Waals surface area contributed by atoms with E-state index in [4.69, 9.17) is 0 Å². The first-order valence-corrected chi connectivity index (χ1v) is 7.80. The molecule has 4 heteroatoms. The summed E-state index contributed by atoms with van der Waals surface area (Å²) in [7, 11) is 1.78. The second kappa shape index (κ2) is 7.46. The Bertz CT molecular complexity index is 443. The third-order valence-electron chi connectivity index (χ3n) is 4.03. The molecule has 1 aliphatic rings. The molecular formula is C17H26N2O2. The minimum Gasteiger partial charge on any atom is -0.393 e. The van der Waals surface area contributed by atoms with Crippen molar-refractivity contribution in [2.75, 3.05) is 13.6 Å². The van der Waals surface area contributed by atoms with E-state index in [9.17, 15) is 9.90 Å². The summed E-state index contributed by atoms with van der Waals surface area (Å²) >= 11 is 0. The van der Waals surface area contributed by atoms with Crippen LogP contribution in [-0.2, 0) is 6.42 Å². The lowest BCUT2D eigenvalue weighted by Crippen LogP contribution is -2.45. The van der Waals surface area contributed by atoms with Crippen LogP contribution in [0.15, 0.2) is 30.3 Å². The predicted molar refractivity (Wildman–Crippen MR) is 84.1 cm³/mol. The van der Waals surface area contributed by atoms with E-state index in [-0.39, 0.29) is 18.2 Å². The van der Waals surface area contributed by atoms with Crippen molar-refractivity contribution in [2.24, 2.45) is 5.92 Å². The molecule has 2 rings (SSSR count). The molecule has 1 aromatic rings. The minimum atomic E-state index is -0.371. The topological polar surface area (TPSA) is 52.6 Å². The summed E-state index contributed by atoms with van der Waals surface area (Å²) in [5.74, 6) is 0.610. The first-order valence-electron chi connectivity index (χ1n) is 7.80. The Morgan fingerprint density at radius 1 is 1.38 bits per heavy atom. The zero-order chi connectivity index (χ0) is 15.2. The van der Waals surface area contributed by atoms with Crippen LogP contribution in [0.25, 0.3) is 0 Å². The number of carbonyl (C=O) groups is 1. The third-order valence-corrected chi connectivity index (χ3v) is 4.03. The van der Waals surface area contributed by atoms with Crippen molar-refractivity contribution >= 4 is 6.03 Å². The van der Waals surface area contributed by atoms with Gasteiger partial charge in [0.2, 0.25) is 0 Å². The van der Waals surface area contributed by atoms with Crippen molar-refractivity contribution in [3.63, 3.8) is 0 Å². The van der Waals surface area contributed by atoms with Crippen LogP contribution >= 0.6 is 0 Å². The number of urea groups is 1. The quantitative estimate of drug-likeness (QED) is 0.810.